The summed E-state index contributed by atoms with van der Waals surface area (Å²) in [4.78, 5) is 16.7. The summed E-state index contributed by atoms with van der Waals surface area (Å²) in [7, 11) is 0. The first-order valence-corrected chi connectivity index (χ1v) is 6.34. The van der Waals surface area contributed by atoms with E-state index < -0.39 is 0 Å². The Balaban J connectivity index is 2.18. The lowest BCUT2D eigenvalue weighted by atomic mass is 10.1. The third-order valence-electron chi connectivity index (χ3n) is 2.49. The van der Waals surface area contributed by atoms with Gasteiger partial charge in [-0.05, 0) is 25.0 Å². The summed E-state index contributed by atoms with van der Waals surface area (Å²) in [6.07, 6.45) is 2.52. The van der Waals surface area contributed by atoms with Gasteiger partial charge in [0.05, 0.1) is 11.2 Å². The fourth-order valence-electron chi connectivity index (χ4n) is 1.60. The molecule has 0 radical (unpaired) electrons. The van der Waals surface area contributed by atoms with Crippen molar-refractivity contribution >= 4 is 22.9 Å². The quantitative estimate of drug-likeness (QED) is 0.903. The first-order valence-electron chi connectivity index (χ1n) is 5.52. The van der Waals surface area contributed by atoms with Crippen LogP contribution < -0.4 is 5.32 Å². The van der Waals surface area contributed by atoms with E-state index >= 15 is 0 Å². The van der Waals surface area contributed by atoms with Crippen LogP contribution in [0.2, 0.25) is 0 Å². The van der Waals surface area contributed by atoms with Crippen LogP contribution in [0, 0.1) is 6.92 Å². The van der Waals surface area contributed by atoms with Crippen molar-refractivity contribution in [2.75, 3.05) is 5.32 Å². The number of amides is 1. The molecular weight excluding hydrogens is 232 g/mol. The molecule has 2 rings (SSSR count). The molecule has 0 unspecified atom stereocenters. The number of aryl methyl sites for hydroxylation is 2. The van der Waals surface area contributed by atoms with Crippen molar-refractivity contribution in [2.45, 2.75) is 20.3 Å². The zero-order valence-electron chi connectivity index (χ0n) is 9.86. The number of para-hydroxylation sites is 1. The van der Waals surface area contributed by atoms with Gasteiger partial charge in [0, 0.05) is 5.69 Å². The van der Waals surface area contributed by atoms with E-state index in [2.05, 4.69) is 17.2 Å². The van der Waals surface area contributed by atoms with Gasteiger partial charge in [0.15, 0.2) is 0 Å². The fraction of sp³-hybridized carbons (Fsp3) is 0.231. The van der Waals surface area contributed by atoms with Crippen molar-refractivity contribution in [3.63, 3.8) is 0 Å². The number of carbonyl (C=O) groups is 1. The molecule has 0 saturated heterocycles. The minimum atomic E-state index is -0.0866. The fourth-order valence-corrected chi connectivity index (χ4v) is 2.27. The molecule has 88 valence electrons. The molecule has 0 bridgehead atoms. The molecule has 0 aliphatic heterocycles. The Morgan fingerprint density at radius 2 is 2.18 bits per heavy atom. The maximum atomic E-state index is 12.0. The summed E-state index contributed by atoms with van der Waals surface area (Å²) in [6, 6.07) is 7.84. The molecule has 0 fully saturated rings. The molecule has 17 heavy (non-hydrogen) atoms. The van der Waals surface area contributed by atoms with Crippen LogP contribution in [0.3, 0.4) is 0 Å². The Bertz CT molecular complexity index is 534. The molecule has 0 aliphatic rings. The second-order valence-corrected chi connectivity index (χ2v) is 4.94. The first-order chi connectivity index (χ1) is 8.20. The van der Waals surface area contributed by atoms with Crippen molar-refractivity contribution in [3.8, 4) is 0 Å². The van der Waals surface area contributed by atoms with Crippen LogP contribution in [-0.4, -0.2) is 10.9 Å². The smallest absolute Gasteiger partial charge is 0.267 e. The molecule has 0 atom stereocenters. The predicted octanol–water partition coefficient (Wildman–Crippen LogP) is 3.27. The third kappa shape index (κ3) is 2.71. The Morgan fingerprint density at radius 3 is 2.82 bits per heavy atom. The summed E-state index contributed by atoms with van der Waals surface area (Å²) in [5.41, 5.74) is 2.02. The van der Waals surface area contributed by atoms with Gasteiger partial charge >= 0.3 is 0 Å². The minimum Gasteiger partial charge on any atom is -0.321 e. The van der Waals surface area contributed by atoms with Gasteiger partial charge in [-0.3, -0.25) is 4.79 Å². The molecule has 1 N–H and O–H groups in total. The number of nitrogens with zero attached hydrogens (tertiary/aromatic N) is 1. The summed E-state index contributed by atoms with van der Waals surface area (Å²) in [5, 5.41) is 3.82. The lowest BCUT2D eigenvalue weighted by molar-refractivity contribution is 0.103. The normalized spacial score (nSPS) is 10.2. The minimum absolute atomic E-state index is 0.0866. The second kappa shape index (κ2) is 5.10. The van der Waals surface area contributed by atoms with Gasteiger partial charge in [-0.15, -0.1) is 11.3 Å². The van der Waals surface area contributed by atoms with Crippen LogP contribution >= 0.6 is 11.3 Å². The number of benzene rings is 1. The lowest BCUT2D eigenvalue weighted by Gasteiger charge is -2.08. The molecule has 1 amide bonds. The lowest BCUT2D eigenvalue weighted by Crippen LogP contribution is -2.11. The Labute approximate surface area is 105 Å². The van der Waals surface area contributed by atoms with Crippen LogP contribution in [0.25, 0.3) is 0 Å². The monoisotopic (exact) mass is 246 g/mol. The maximum Gasteiger partial charge on any atom is 0.267 e. The number of thiazole rings is 1. The average Bonchev–Trinajstić information content (AvgIpc) is 2.77. The van der Waals surface area contributed by atoms with Crippen molar-refractivity contribution < 1.29 is 4.79 Å². The van der Waals surface area contributed by atoms with Gasteiger partial charge in [0.25, 0.3) is 5.91 Å². The Hall–Kier alpha value is -1.68. The van der Waals surface area contributed by atoms with Gasteiger partial charge in [-0.2, -0.15) is 0 Å². The van der Waals surface area contributed by atoms with E-state index in [-0.39, 0.29) is 5.91 Å². The summed E-state index contributed by atoms with van der Waals surface area (Å²) in [6.45, 7) is 3.96. The van der Waals surface area contributed by atoms with Gasteiger partial charge in [0.2, 0.25) is 0 Å². The molecular formula is C13H14N2OS. The molecule has 1 heterocycles. The Kier molecular flexibility index (Phi) is 3.54. The average molecular weight is 246 g/mol. The number of rotatable bonds is 3. The first kappa shape index (κ1) is 11.8. The highest BCUT2D eigenvalue weighted by molar-refractivity contribution is 7.13. The van der Waals surface area contributed by atoms with Crippen molar-refractivity contribution in [1.82, 2.24) is 4.98 Å². The maximum absolute atomic E-state index is 12.0. The molecule has 4 heteroatoms. The van der Waals surface area contributed by atoms with Crippen LogP contribution in [0.1, 0.15) is 27.2 Å². The van der Waals surface area contributed by atoms with Gasteiger partial charge in [-0.1, -0.05) is 25.1 Å². The van der Waals surface area contributed by atoms with Crippen LogP contribution in [0.5, 0.6) is 0 Å². The predicted molar refractivity (Wildman–Crippen MR) is 70.6 cm³/mol. The third-order valence-corrected chi connectivity index (χ3v) is 3.40. The molecule has 1 aromatic carbocycles. The highest BCUT2D eigenvalue weighted by atomic mass is 32.1. The largest absolute Gasteiger partial charge is 0.321 e. The highest BCUT2D eigenvalue weighted by Gasteiger charge is 2.10. The molecule has 0 aliphatic carbocycles. The van der Waals surface area contributed by atoms with E-state index in [1.54, 1.807) is 6.20 Å². The number of aromatic nitrogens is 1. The van der Waals surface area contributed by atoms with E-state index in [1.165, 1.54) is 11.3 Å². The molecule has 1 aromatic heterocycles. The summed E-state index contributed by atoms with van der Waals surface area (Å²) < 4.78 is 0. The molecule has 3 nitrogen and oxygen atoms in total. The van der Waals surface area contributed by atoms with E-state index in [9.17, 15) is 4.79 Å². The number of hydrogen-bond donors (Lipinski definition) is 1. The number of nitrogens with one attached hydrogen (secondary N) is 1. The second-order valence-electron chi connectivity index (χ2n) is 3.71. The van der Waals surface area contributed by atoms with Gasteiger partial charge in [-0.25, -0.2) is 4.98 Å². The number of anilines is 1. The zero-order valence-corrected chi connectivity index (χ0v) is 10.7. The van der Waals surface area contributed by atoms with E-state index in [4.69, 9.17) is 0 Å². The Morgan fingerprint density at radius 1 is 1.41 bits per heavy atom. The highest BCUT2D eigenvalue weighted by Crippen LogP contribution is 2.18. The van der Waals surface area contributed by atoms with Crippen LogP contribution in [-0.2, 0) is 6.42 Å². The molecule has 2 aromatic rings. The van der Waals surface area contributed by atoms with Crippen molar-refractivity contribution in [3.05, 3.63) is 45.9 Å². The van der Waals surface area contributed by atoms with E-state index in [0.717, 1.165) is 22.7 Å². The number of carbonyl (C=O) groups excluding carboxylic acids is 1. The number of hydrogen-bond acceptors (Lipinski definition) is 3. The topological polar surface area (TPSA) is 42.0 Å². The van der Waals surface area contributed by atoms with E-state index in [0.29, 0.717) is 4.88 Å². The van der Waals surface area contributed by atoms with Crippen LogP contribution in [0.4, 0.5) is 5.69 Å². The van der Waals surface area contributed by atoms with E-state index in [1.807, 2.05) is 31.2 Å². The van der Waals surface area contributed by atoms with Gasteiger partial charge < -0.3 is 5.32 Å². The zero-order chi connectivity index (χ0) is 12.3. The molecule has 0 spiro atoms. The van der Waals surface area contributed by atoms with Gasteiger partial charge in [0.1, 0.15) is 4.88 Å². The summed E-state index contributed by atoms with van der Waals surface area (Å²) in [5.74, 6) is -0.0866. The van der Waals surface area contributed by atoms with Crippen LogP contribution in [0.15, 0.2) is 30.5 Å². The summed E-state index contributed by atoms with van der Waals surface area (Å²) >= 11 is 1.41. The standard InChI is InChI=1S/C13H14N2OS/c1-3-10-6-4-5-7-11(10)15-13(16)12-8-14-9(2)17-12/h4-8H,3H2,1-2H3,(H,15,16). The van der Waals surface area contributed by atoms with Crippen molar-refractivity contribution in [2.24, 2.45) is 0 Å². The van der Waals surface area contributed by atoms with Crippen molar-refractivity contribution in [1.29, 1.82) is 0 Å². The SMILES string of the molecule is CCc1ccccc1NC(=O)c1cnc(C)s1. The molecule has 0 saturated carbocycles.